The minimum Gasteiger partial charge on any atom is -0.368 e. The Labute approximate surface area is 65.5 Å². The van der Waals surface area contributed by atoms with Gasteiger partial charge in [0.15, 0.2) is 0 Å². The highest BCUT2D eigenvalue weighted by atomic mass is 16.2. The molecule has 0 aromatic heterocycles. The summed E-state index contributed by atoms with van der Waals surface area (Å²) in [5.74, 6) is -0.541. The molecule has 0 bridgehead atoms. The predicted molar refractivity (Wildman–Crippen MR) is 40.9 cm³/mol. The molecule has 0 aliphatic carbocycles. The third-order valence-electron chi connectivity index (χ3n) is 1.17. The monoisotopic (exact) mass is 159 g/mol. The van der Waals surface area contributed by atoms with Crippen molar-refractivity contribution in [3.63, 3.8) is 0 Å². The molecule has 0 aromatic carbocycles. The van der Waals surface area contributed by atoms with Crippen LogP contribution in [0.3, 0.4) is 0 Å². The fourth-order valence-corrected chi connectivity index (χ4v) is 0.385. The van der Waals surface area contributed by atoms with E-state index in [-0.39, 0.29) is 6.03 Å². The standard InChI is InChI=1S/C6H13N3O2/c1-4(5(7)10)8-6(11)9(2)3/h4H,1-3H3,(H2,7,10)(H,8,11)/t4-/m1/s1. The molecule has 0 saturated heterocycles. The van der Waals surface area contributed by atoms with Crippen molar-refractivity contribution >= 4 is 11.9 Å². The molecule has 64 valence electrons. The number of carbonyl (C=O) groups excluding carboxylic acids is 2. The lowest BCUT2D eigenvalue weighted by atomic mass is 10.3. The van der Waals surface area contributed by atoms with Crippen LogP contribution in [0.5, 0.6) is 0 Å². The zero-order valence-corrected chi connectivity index (χ0v) is 6.92. The van der Waals surface area contributed by atoms with Crippen LogP contribution in [0.25, 0.3) is 0 Å². The predicted octanol–water partition coefficient (Wildman–Crippen LogP) is -0.869. The van der Waals surface area contributed by atoms with E-state index in [4.69, 9.17) is 5.73 Å². The highest BCUT2D eigenvalue weighted by molar-refractivity contribution is 5.85. The normalized spacial score (nSPS) is 11.9. The van der Waals surface area contributed by atoms with Crippen LogP contribution in [0.15, 0.2) is 0 Å². The zero-order chi connectivity index (χ0) is 9.02. The maximum Gasteiger partial charge on any atom is 0.317 e. The molecule has 0 saturated carbocycles. The smallest absolute Gasteiger partial charge is 0.317 e. The Kier molecular flexibility index (Phi) is 3.36. The Morgan fingerprint density at radius 3 is 2.18 bits per heavy atom. The van der Waals surface area contributed by atoms with Gasteiger partial charge < -0.3 is 16.0 Å². The quantitative estimate of drug-likeness (QED) is 0.549. The van der Waals surface area contributed by atoms with Crippen LogP contribution in [0.4, 0.5) is 4.79 Å². The lowest BCUT2D eigenvalue weighted by molar-refractivity contribution is -0.119. The van der Waals surface area contributed by atoms with Crippen LogP contribution >= 0.6 is 0 Å². The topological polar surface area (TPSA) is 75.4 Å². The maximum absolute atomic E-state index is 10.9. The number of carbonyl (C=O) groups is 2. The first-order chi connectivity index (χ1) is 4.95. The SMILES string of the molecule is C[C@@H](NC(=O)N(C)C)C(N)=O. The summed E-state index contributed by atoms with van der Waals surface area (Å²) in [5.41, 5.74) is 4.91. The number of nitrogens with zero attached hydrogens (tertiary/aromatic N) is 1. The van der Waals surface area contributed by atoms with Crippen molar-refractivity contribution in [1.82, 2.24) is 10.2 Å². The fourth-order valence-electron chi connectivity index (χ4n) is 0.385. The Bertz CT molecular complexity index is 167. The minimum absolute atomic E-state index is 0.323. The number of rotatable bonds is 2. The first-order valence-corrected chi connectivity index (χ1v) is 3.22. The van der Waals surface area contributed by atoms with E-state index >= 15 is 0 Å². The van der Waals surface area contributed by atoms with Gasteiger partial charge in [-0.1, -0.05) is 0 Å². The Hall–Kier alpha value is -1.26. The first-order valence-electron chi connectivity index (χ1n) is 3.22. The summed E-state index contributed by atoms with van der Waals surface area (Å²) in [6.07, 6.45) is 0. The van der Waals surface area contributed by atoms with Gasteiger partial charge in [0.1, 0.15) is 6.04 Å². The number of nitrogens with two attached hydrogens (primary N) is 1. The molecule has 0 fully saturated rings. The largest absolute Gasteiger partial charge is 0.368 e. The van der Waals surface area contributed by atoms with Crippen LogP contribution in [-0.4, -0.2) is 37.0 Å². The third-order valence-corrected chi connectivity index (χ3v) is 1.17. The van der Waals surface area contributed by atoms with E-state index in [1.165, 1.54) is 11.8 Å². The van der Waals surface area contributed by atoms with E-state index in [2.05, 4.69) is 5.32 Å². The van der Waals surface area contributed by atoms with E-state index in [1.807, 2.05) is 0 Å². The highest BCUT2D eigenvalue weighted by Gasteiger charge is 2.12. The van der Waals surface area contributed by atoms with E-state index in [9.17, 15) is 9.59 Å². The van der Waals surface area contributed by atoms with Crippen molar-refractivity contribution in [2.75, 3.05) is 14.1 Å². The average Bonchev–Trinajstić information content (AvgIpc) is 1.87. The van der Waals surface area contributed by atoms with Gasteiger partial charge in [0.25, 0.3) is 0 Å². The van der Waals surface area contributed by atoms with Gasteiger partial charge >= 0.3 is 6.03 Å². The minimum atomic E-state index is -0.620. The third kappa shape index (κ3) is 3.44. The van der Waals surface area contributed by atoms with Crippen LogP contribution in [-0.2, 0) is 4.79 Å². The van der Waals surface area contributed by atoms with Crippen molar-refractivity contribution in [1.29, 1.82) is 0 Å². The van der Waals surface area contributed by atoms with Crippen LogP contribution in [0.1, 0.15) is 6.92 Å². The summed E-state index contributed by atoms with van der Waals surface area (Å²) in [6, 6.07) is -0.943. The molecule has 5 heteroatoms. The van der Waals surface area contributed by atoms with Crippen molar-refractivity contribution < 1.29 is 9.59 Å². The lowest BCUT2D eigenvalue weighted by Crippen LogP contribution is -2.46. The Morgan fingerprint density at radius 2 is 1.91 bits per heavy atom. The summed E-state index contributed by atoms with van der Waals surface area (Å²) in [4.78, 5) is 22.6. The second-order valence-corrected chi connectivity index (χ2v) is 2.47. The van der Waals surface area contributed by atoms with Gasteiger partial charge in [-0.15, -0.1) is 0 Å². The number of hydrogen-bond donors (Lipinski definition) is 2. The molecule has 3 N–H and O–H groups in total. The molecule has 11 heavy (non-hydrogen) atoms. The lowest BCUT2D eigenvalue weighted by Gasteiger charge is -2.14. The maximum atomic E-state index is 10.9. The summed E-state index contributed by atoms with van der Waals surface area (Å²) in [5, 5.41) is 2.39. The molecule has 0 spiro atoms. The number of urea groups is 1. The molecule has 0 unspecified atom stereocenters. The van der Waals surface area contributed by atoms with E-state index in [0.29, 0.717) is 0 Å². The van der Waals surface area contributed by atoms with E-state index < -0.39 is 11.9 Å². The zero-order valence-electron chi connectivity index (χ0n) is 6.92. The van der Waals surface area contributed by atoms with Gasteiger partial charge in [0, 0.05) is 14.1 Å². The summed E-state index contributed by atoms with van der Waals surface area (Å²) in [6.45, 7) is 1.53. The first kappa shape index (κ1) is 9.74. The molecular formula is C6H13N3O2. The van der Waals surface area contributed by atoms with Gasteiger partial charge in [-0.3, -0.25) is 4.79 Å². The van der Waals surface area contributed by atoms with Crippen molar-refractivity contribution in [3.8, 4) is 0 Å². The van der Waals surface area contributed by atoms with Crippen molar-refractivity contribution in [3.05, 3.63) is 0 Å². The molecule has 1 atom stereocenters. The van der Waals surface area contributed by atoms with E-state index in [1.54, 1.807) is 14.1 Å². The average molecular weight is 159 g/mol. The van der Waals surface area contributed by atoms with Gasteiger partial charge in [-0.25, -0.2) is 4.79 Å². The van der Waals surface area contributed by atoms with Crippen LogP contribution in [0, 0.1) is 0 Å². The molecule has 0 aliphatic rings. The van der Waals surface area contributed by atoms with Crippen LogP contribution < -0.4 is 11.1 Å². The molecule has 3 amide bonds. The summed E-state index contributed by atoms with van der Waals surface area (Å²) < 4.78 is 0. The van der Waals surface area contributed by atoms with E-state index in [0.717, 1.165) is 0 Å². The second-order valence-electron chi connectivity index (χ2n) is 2.47. The summed E-state index contributed by atoms with van der Waals surface area (Å²) >= 11 is 0. The fraction of sp³-hybridized carbons (Fsp3) is 0.667. The highest BCUT2D eigenvalue weighted by Crippen LogP contribution is 1.82. The molecule has 0 aromatic rings. The van der Waals surface area contributed by atoms with Crippen LogP contribution in [0.2, 0.25) is 0 Å². The van der Waals surface area contributed by atoms with Gasteiger partial charge in [0.2, 0.25) is 5.91 Å². The Morgan fingerprint density at radius 1 is 1.45 bits per heavy atom. The van der Waals surface area contributed by atoms with Gasteiger partial charge in [-0.2, -0.15) is 0 Å². The number of hydrogen-bond acceptors (Lipinski definition) is 2. The molecule has 0 heterocycles. The number of amides is 3. The second kappa shape index (κ2) is 3.80. The molecule has 5 nitrogen and oxygen atoms in total. The number of nitrogens with one attached hydrogen (secondary N) is 1. The van der Waals surface area contributed by atoms with Gasteiger partial charge in [-0.05, 0) is 6.92 Å². The van der Waals surface area contributed by atoms with Crippen molar-refractivity contribution in [2.45, 2.75) is 13.0 Å². The molecular weight excluding hydrogens is 146 g/mol. The Balaban J connectivity index is 3.85. The molecule has 0 rings (SSSR count). The summed E-state index contributed by atoms with van der Waals surface area (Å²) in [7, 11) is 3.17. The van der Waals surface area contributed by atoms with Crippen molar-refractivity contribution in [2.24, 2.45) is 5.73 Å². The van der Waals surface area contributed by atoms with Gasteiger partial charge in [0.05, 0.1) is 0 Å². The molecule has 0 aliphatic heterocycles. The number of primary amides is 1. The molecule has 0 radical (unpaired) electrons.